The molecule has 0 atom stereocenters. The van der Waals surface area contributed by atoms with Gasteiger partial charge in [0.15, 0.2) is 5.84 Å². The Kier molecular flexibility index (Phi) is 4.94. The Morgan fingerprint density at radius 2 is 2.24 bits per heavy atom. The first kappa shape index (κ1) is 15.0. The Hall–Kier alpha value is -2.35. The summed E-state index contributed by atoms with van der Waals surface area (Å²) in [6, 6.07) is 1.53. The summed E-state index contributed by atoms with van der Waals surface area (Å²) in [6.45, 7) is 1.93. The van der Waals surface area contributed by atoms with Crippen LogP contribution in [0.4, 0.5) is 0 Å². The van der Waals surface area contributed by atoms with Crippen LogP contribution in [0.1, 0.15) is 23.2 Å². The molecule has 1 amide bonds. The van der Waals surface area contributed by atoms with Gasteiger partial charge in [0, 0.05) is 25.3 Å². The van der Waals surface area contributed by atoms with Crippen LogP contribution in [0.5, 0.6) is 5.75 Å². The van der Waals surface area contributed by atoms with Gasteiger partial charge in [-0.2, -0.15) is 0 Å². The standard InChI is InChI=1S/C13H19N5O3/c14-12(17-21)8-18-5-2-9(3-6-18)16-13(20)10-1-4-15-7-11(10)19/h1,4,7,9,19,21H,2-3,5-6,8H2,(H2,14,17)(H,16,20). The van der Waals surface area contributed by atoms with Gasteiger partial charge in [-0.05, 0) is 18.9 Å². The molecule has 1 fully saturated rings. The minimum atomic E-state index is -0.301. The molecule has 1 aliphatic rings. The van der Waals surface area contributed by atoms with Crippen molar-refractivity contribution in [3.63, 3.8) is 0 Å². The number of hydrogen-bond acceptors (Lipinski definition) is 6. The van der Waals surface area contributed by atoms with E-state index in [1.165, 1.54) is 18.5 Å². The number of likely N-dealkylation sites (tertiary alicyclic amines) is 1. The molecule has 0 saturated carbocycles. The van der Waals surface area contributed by atoms with Gasteiger partial charge in [0.25, 0.3) is 5.91 Å². The zero-order valence-electron chi connectivity index (χ0n) is 11.6. The van der Waals surface area contributed by atoms with E-state index in [2.05, 4.69) is 20.4 Å². The van der Waals surface area contributed by atoms with Crippen molar-refractivity contribution < 1.29 is 15.1 Å². The second-order valence-corrected chi connectivity index (χ2v) is 5.01. The maximum absolute atomic E-state index is 12.1. The van der Waals surface area contributed by atoms with Crippen LogP contribution in [0.15, 0.2) is 23.6 Å². The van der Waals surface area contributed by atoms with Gasteiger partial charge in [-0.3, -0.25) is 14.7 Å². The first-order valence-corrected chi connectivity index (χ1v) is 6.72. The number of oxime groups is 1. The molecule has 1 aliphatic heterocycles. The predicted octanol–water partition coefficient (Wildman–Crippen LogP) is -0.272. The van der Waals surface area contributed by atoms with E-state index in [0.717, 1.165) is 25.9 Å². The van der Waals surface area contributed by atoms with E-state index in [9.17, 15) is 9.90 Å². The van der Waals surface area contributed by atoms with E-state index >= 15 is 0 Å². The fourth-order valence-electron chi connectivity index (χ4n) is 2.34. The van der Waals surface area contributed by atoms with Crippen LogP contribution in [0, 0.1) is 0 Å². The van der Waals surface area contributed by atoms with Gasteiger partial charge in [-0.1, -0.05) is 5.16 Å². The summed E-state index contributed by atoms with van der Waals surface area (Å²) in [6.07, 6.45) is 4.26. The molecule has 0 unspecified atom stereocenters. The number of nitrogens with zero attached hydrogens (tertiary/aromatic N) is 3. The van der Waals surface area contributed by atoms with Gasteiger partial charge in [0.2, 0.25) is 0 Å². The zero-order chi connectivity index (χ0) is 15.2. The zero-order valence-corrected chi connectivity index (χ0v) is 11.6. The van der Waals surface area contributed by atoms with Gasteiger partial charge in [0.1, 0.15) is 5.75 Å². The largest absolute Gasteiger partial charge is 0.505 e. The Morgan fingerprint density at radius 3 is 2.86 bits per heavy atom. The maximum Gasteiger partial charge on any atom is 0.255 e. The van der Waals surface area contributed by atoms with Crippen molar-refractivity contribution in [1.29, 1.82) is 0 Å². The molecule has 5 N–H and O–H groups in total. The average Bonchev–Trinajstić information content (AvgIpc) is 2.49. The Morgan fingerprint density at radius 1 is 1.52 bits per heavy atom. The summed E-state index contributed by atoms with van der Waals surface area (Å²) in [5, 5.41) is 24.0. The summed E-state index contributed by atoms with van der Waals surface area (Å²) in [5.74, 6) is -0.247. The summed E-state index contributed by atoms with van der Waals surface area (Å²) in [5.41, 5.74) is 5.69. The summed E-state index contributed by atoms with van der Waals surface area (Å²) < 4.78 is 0. The second kappa shape index (κ2) is 6.89. The highest BCUT2D eigenvalue weighted by atomic mass is 16.4. The number of pyridine rings is 1. The van der Waals surface area contributed by atoms with E-state index in [4.69, 9.17) is 10.9 Å². The van der Waals surface area contributed by atoms with E-state index in [0.29, 0.717) is 6.54 Å². The predicted molar refractivity (Wildman–Crippen MR) is 76.2 cm³/mol. The van der Waals surface area contributed by atoms with Crippen LogP contribution < -0.4 is 11.1 Å². The first-order chi connectivity index (χ1) is 10.1. The molecule has 0 spiro atoms. The van der Waals surface area contributed by atoms with Crippen molar-refractivity contribution in [3.05, 3.63) is 24.0 Å². The SMILES string of the molecule is N/C(CN1CCC(NC(=O)c2ccncc2O)CC1)=N/O. The number of piperidine rings is 1. The normalized spacial score (nSPS) is 17.6. The molecular weight excluding hydrogens is 274 g/mol. The third kappa shape index (κ3) is 4.06. The number of amidine groups is 1. The molecule has 0 bridgehead atoms. The van der Waals surface area contributed by atoms with E-state index < -0.39 is 0 Å². The lowest BCUT2D eigenvalue weighted by Crippen LogP contribution is -2.46. The number of aromatic hydroxyl groups is 1. The van der Waals surface area contributed by atoms with Gasteiger partial charge >= 0.3 is 0 Å². The first-order valence-electron chi connectivity index (χ1n) is 6.72. The molecule has 0 radical (unpaired) electrons. The molecule has 2 heterocycles. The third-order valence-corrected chi connectivity index (χ3v) is 3.48. The van der Waals surface area contributed by atoms with Crippen LogP contribution in [-0.2, 0) is 0 Å². The van der Waals surface area contributed by atoms with Crippen molar-refractivity contribution in [2.75, 3.05) is 19.6 Å². The van der Waals surface area contributed by atoms with Crippen LogP contribution in [0.25, 0.3) is 0 Å². The van der Waals surface area contributed by atoms with Gasteiger partial charge in [-0.25, -0.2) is 0 Å². The lowest BCUT2D eigenvalue weighted by molar-refractivity contribution is 0.0912. The molecule has 1 aromatic heterocycles. The van der Waals surface area contributed by atoms with Gasteiger partial charge < -0.3 is 21.4 Å². The fraction of sp³-hybridized carbons (Fsp3) is 0.462. The maximum atomic E-state index is 12.1. The fourth-order valence-corrected chi connectivity index (χ4v) is 2.34. The van der Waals surface area contributed by atoms with Gasteiger partial charge in [0.05, 0.1) is 18.3 Å². The van der Waals surface area contributed by atoms with Crippen molar-refractivity contribution >= 4 is 11.7 Å². The number of carbonyl (C=O) groups is 1. The van der Waals surface area contributed by atoms with E-state index in [-0.39, 0.29) is 29.1 Å². The van der Waals surface area contributed by atoms with Gasteiger partial charge in [-0.15, -0.1) is 0 Å². The van der Waals surface area contributed by atoms with Crippen molar-refractivity contribution in [1.82, 2.24) is 15.2 Å². The molecule has 114 valence electrons. The van der Waals surface area contributed by atoms with Crippen LogP contribution in [-0.4, -0.2) is 57.6 Å². The number of rotatable bonds is 4. The van der Waals surface area contributed by atoms with Crippen molar-refractivity contribution in [3.8, 4) is 5.75 Å². The smallest absolute Gasteiger partial charge is 0.255 e. The Bertz CT molecular complexity index is 526. The number of aromatic nitrogens is 1. The minimum Gasteiger partial charge on any atom is -0.505 e. The highest BCUT2D eigenvalue weighted by Crippen LogP contribution is 2.16. The molecule has 2 rings (SSSR count). The molecule has 1 saturated heterocycles. The van der Waals surface area contributed by atoms with Crippen LogP contribution >= 0.6 is 0 Å². The Labute approximate surface area is 122 Å². The van der Waals surface area contributed by atoms with E-state index in [1.54, 1.807) is 0 Å². The summed E-state index contributed by atoms with van der Waals surface area (Å²) >= 11 is 0. The molecule has 8 nitrogen and oxygen atoms in total. The van der Waals surface area contributed by atoms with E-state index in [1.807, 2.05) is 0 Å². The molecular formula is C13H19N5O3. The number of nitrogens with one attached hydrogen (secondary N) is 1. The number of carbonyl (C=O) groups excluding carboxylic acids is 1. The average molecular weight is 293 g/mol. The van der Waals surface area contributed by atoms with Crippen LogP contribution in [0.3, 0.4) is 0 Å². The quantitative estimate of drug-likeness (QED) is 0.262. The van der Waals surface area contributed by atoms with Crippen molar-refractivity contribution in [2.24, 2.45) is 10.9 Å². The lowest BCUT2D eigenvalue weighted by atomic mass is 10.0. The molecule has 0 aliphatic carbocycles. The second-order valence-electron chi connectivity index (χ2n) is 5.01. The third-order valence-electron chi connectivity index (χ3n) is 3.48. The molecule has 21 heavy (non-hydrogen) atoms. The lowest BCUT2D eigenvalue weighted by Gasteiger charge is -2.31. The Balaban J connectivity index is 1.84. The molecule has 8 heteroatoms. The molecule has 1 aromatic rings. The summed E-state index contributed by atoms with van der Waals surface area (Å²) in [7, 11) is 0. The minimum absolute atomic E-state index is 0.0496. The topological polar surface area (TPSA) is 124 Å². The van der Waals surface area contributed by atoms with Crippen LogP contribution in [0.2, 0.25) is 0 Å². The van der Waals surface area contributed by atoms with Crippen molar-refractivity contribution in [2.45, 2.75) is 18.9 Å². The number of hydrogen-bond donors (Lipinski definition) is 4. The highest BCUT2D eigenvalue weighted by Gasteiger charge is 2.22. The highest BCUT2D eigenvalue weighted by molar-refractivity contribution is 5.96. The number of amides is 1. The molecule has 0 aromatic carbocycles. The summed E-state index contributed by atoms with van der Waals surface area (Å²) in [4.78, 5) is 17.9. The monoisotopic (exact) mass is 293 g/mol. The number of nitrogens with two attached hydrogens (primary N) is 1.